The van der Waals surface area contributed by atoms with Crippen molar-refractivity contribution in [1.29, 1.82) is 0 Å². The Labute approximate surface area is 194 Å². The number of benzene rings is 2. The Balaban J connectivity index is 1.99. The third-order valence-electron chi connectivity index (χ3n) is 5.35. The van der Waals surface area contributed by atoms with Gasteiger partial charge in [-0.25, -0.2) is 21.1 Å². The van der Waals surface area contributed by atoms with E-state index in [1.165, 1.54) is 25.1 Å². The number of fused-ring (bicyclic) bond motifs is 1. The van der Waals surface area contributed by atoms with Gasteiger partial charge in [0.05, 0.1) is 22.7 Å². The minimum absolute atomic E-state index is 0.0412. The lowest BCUT2D eigenvalue weighted by Gasteiger charge is -2.34. The Morgan fingerprint density at radius 1 is 1.03 bits per heavy atom. The molecule has 2 aromatic rings. The number of rotatable bonds is 9. The molecule has 2 N–H and O–H groups in total. The fourth-order valence-corrected chi connectivity index (χ4v) is 6.38. The lowest BCUT2D eigenvalue weighted by atomic mass is 9.98. The number of hydrogen-bond acceptors (Lipinski definition) is 8. The molecule has 9 nitrogen and oxygen atoms in total. The number of hydrogen-bond donors (Lipinski definition) is 1. The molecule has 2 aromatic carbocycles. The highest BCUT2D eigenvalue weighted by Gasteiger charge is 2.39. The van der Waals surface area contributed by atoms with Crippen LogP contribution in [0.4, 0.5) is 0 Å². The van der Waals surface area contributed by atoms with Crippen LogP contribution in [0.3, 0.4) is 0 Å². The van der Waals surface area contributed by atoms with E-state index in [0.29, 0.717) is 16.5 Å². The minimum Gasteiger partial charge on any atom is -0.454 e. The Kier molecular flexibility index (Phi) is 7.35. The van der Waals surface area contributed by atoms with E-state index >= 15 is 0 Å². The normalized spacial score (nSPS) is 16.1. The zero-order valence-electron chi connectivity index (χ0n) is 18.7. The zero-order valence-corrected chi connectivity index (χ0v) is 20.3. The first-order chi connectivity index (χ1) is 15.4. The summed E-state index contributed by atoms with van der Waals surface area (Å²) in [7, 11) is -7.96. The summed E-state index contributed by atoms with van der Waals surface area (Å²) in [6.07, 6.45) is 0.184. The molecular weight excluding hydrogens is 468 g/mol. The van der Waals surface area contributed by atoms with Crippen molar-refractivity contribution in [3.8, 4) is 11.5 Å². The molecule has 1 amide bonds. The maximum Gasteiger partial charge on any atom is 0.268 e. The standard InChI is InChI=1S/C22H28N2O7S2/c1-15(11-17-7-5-4-6-8-17)21(23)24(22(25)16(2)13-32(3,26)27)33(28,29)18-9-10-19-20(12-18)31-14-30-19/h4-10,12,15-16,21H,11,13-14,23H2,1-3H3/t15-,16?,21-/m0/s1. The number of nitrogens with two attached hydrogens (primary N) is 1. The van der Waals surface area contributed by atoms with E-state index in [9.17, 15) is 21.6 Å². The zero-order chi connectivity index (χ0) is 24.4. The van der Waals surface area contributed by atoms with Crippen LogP contribution >= 0.6 is 0 Å². The van der Waals surface area contributed by atoms with Crippen molar-refractivity contribution in [3.05, 3.63) is 54.1 Å². The van der Waals surface area contributed by atoms with Crippen LogP contribution in [0.15, 0.2) is 53.4 Å². The molecule has 0 aromatic heterocycles. The second-order valence-corrected chi connectivity index (χ2v) is 12.3. The van der Waals surface area contributed by atoms with Crippen molar-refractivity contribution in [2.45, 2.75) is 31.3 Å². The molecule has 0 bridgehead atoms. The van der Waals surface area contributed by atoms with Crippen LogP contribution in [-0.2, 0) is 31.1 Å². The molecule has 0 saturated heterocycles. The molecule has 33 heavy (non-hydrogen) atoms. The average molecular weight is 497 g/mol. The van der Waals surface area contributed by atoms with Crippen LogP contribution in [0.5, 0.6) is 11.5 Å². The van der Waals surface area contributed by atoms with Gasteiger partial charge in [0.2, 0.25) is 12.7 Å². The first-order valence-corrected chi connectivity index (χ1v) is 13.9. The van der Waals surface area contributed by atoms with Crippen molar-refractivity contribution < 1.29 is 31.1 Å². The van der Waals surface area contributed by atoms with Gasteiger partial charge in [-0.1, -0.05) is 44.2 Å². The molecular formula is C22H28N2O7S2. The molecule has 0 radical (unpaired) electrons. The summed E-state index contributed by atoms with van der Waals surface area (Å²) in [5.74, 6) is -2.33. The molecule has 1 heterocycles. The van der Waals surface area contributed by atoms with Crippen molar-refractivity contribution in [3.63, 3.8) is 0 Å². The average Bonchev–Trinajstić information content (AvgIpc) is 3.21. The Morgan fingerprint density at radius 3 is 2.30 bits per heavy atom. The van der Waals surface area contributed by atoms with Gasteiger partial charge in [0.25, 0.3) is 10.0 Å². The van der Waals surface area contributed by atoms with Gasteiger partial charge in [-0.05, 0) is 30.0 Å². The van der Waals surface area contributed by atoms with E-state index in [1.807, 2.05) is 30.3 Å². The number of nitrogens with zero attached hydrogens (tertiary/aromatic N) is 1. The lowest BCUT2D eigenvalue weighted by molar-refractivity contribution is -0.131. The number of carbonyl (C=O) groups is 1. The number of ether oxygens (including phenoxy) is 2. The topological polar surface area (TPSA) is 133 Å². The monoisotopic (exact) mass is 496 g/mol. The van der Waals surface area contributed by atoms with Crippen molar-refractivity contribution in [2.75, 3.05) is 18.8 Å². The highest BCUT2D eigenvalue weighted by atomic mass is 32.2. The van der Waals surface area contributed by atoms with Crippen LogP contribution in [0.2, 0.25) is 0 Å². The molecule has 0 fully saturated rings. The molecule has 3 atom stereocenters. The van der Waals surface area contributed by atoms with Gasteiger partial charge in [-0.2, -0.15) is 0 Å². The molecule has 0 saturated carbocycles. The fourth-order valence-electron chi connectivity index (χ4n) is 3.66. The maximum absolute atomic E-state index is 13.6. The van der Waals surface area contributed by atoms with Gasteiger partial charge in [-0.3, -0.25) is 4.79 Å². The Morgan fingerprint density at radius 2 is 1.67 bits per heavy atom. The van der Waals surface area contributed by atoms with Gasteiger partial charge < -0.3 is 15.2 Å². The first-order valence-electron chi connectivity index (χ1n) is 10.4. The summed E-state index contributed by atoms with van der Waals surface area (Å²) in [5, 5.41) is 0. The summed E-state index contributed by atoms with van der Waals surface area (Å²) < 4.78 is 61.9. The second-order valence-electron chi connectivity index (χ2n) is 8.31. The highest BCUT2D eigenvalue weighted by molar-refractivity contribution is 7.90. The summed E-state index contributed by atoms with van der Waals surface area (Å²) in [6, 6.07) is 13.4. The molecule has 1 aliphatic rings. The molecule has 1 aliphatic heterocycles. The van der Waals surface area contributed by atoms with Gasteiger partial charge >= 0.3 is 0 Å². The number of sulfone groups is 1. The number of carbonyl (C=O) groups excluding carboxylic acids is 1. The van der Waals surface area contributed by atoms with Crippen LogP contribution in [0.1, 0.15) is 19.4 Å². The SMILES string of the molecule is CC(CS(C)(=O)=O)C(=O)N([C@H](N)[C@@H](C)Cc1ccccc1)S(=O)(=O)c1ccc2c(c1)OCO2. The highest BCUT2D eigenvalue weighted by Crippen LogP contribution is 2.35. The number of sulfonamides is 1. The molecule has 0 aliphatic carbocycles. The quantitative estimate of drug-likeness (QED) is 0.520. The van der Waals surface area contributed by atoms with Gasteiger partial charge in [-0.15, -0.1) is 0 Å². The second kappa shape index (κ2) is 9.70. The van der Waals surface area contributed by atoms with Crippen molar-refractivity contribution in [2.24, 2.45) is 17.6 Å². The van der Waals surface area contributed by atoms with E-state index in [2.05, 4.69) is 0 Å². The van der Waals surface area contributed by atoms with E-state index in [-0.39, 0.29) is 17.4 Å². The Hall–Kier alpha value is -2.63. The van der Waals surface area contributed by atoms with Crippen LogP contribution < -0.4 is 15.2 Å². The van der Waals surface area contributed by atoms with Gasteiger partial charge in [0.15, 0.2) is 11.5 Å². The molecule has 0 spiro atoms. The van der Waals surface area contributed by atoms with Gasteiger partial charge in [0, 0.05) is 12.3 Å². The van der Waals surface area contributed by atoms with E-state index in [0.717, 1.165) is 11.8 Å². The predicted octanol–water partition coefficient (Wildman–Crippen LogP) is 1.78. The summed E-state index contributed by atoms with van der Waals surface area (Å²) in [5.41, 5.74) is 7.30. The van der Waals surface area contributed by atoms with E-state index in [1.54, 1.807) is 6.92 Å². The largest absolute Gasteiger partial charge is 0.454 e. The van der Waals surface area contributed by atoms with Gasteiger partial charge in [0.1, 0.15) is 9.84 Å². The molecule has 180 valence electrons. The number of amides is 1. The van der Waals surface area contributed by atoms with E-state index < -0.39 is 49.5 Å². The molecule has 11 heteroatoms. The van der Waals surface area contributed by atoms with Crippen molar-refractivity contribution in [1.82, 2.24) is 4.31 Å². The third-order valence-corrected chi connectivity index (χ3v) is 8.24. The first kappa shape index (κ1) is 25.0. The van der Waals surface area contributed by atoms with Crippen LogP contribution in [0, 0.1) is 11.8 Å². The van der Waals surface area contributed by atoms with Crippen molar-refractivity contribution >= 4 is 25.8 Å². The molecule has 1 unspecified atom stereocenters. The fraction of sp³-hybridized carbons (Fsp3) is 0.409. The smallest absolute Gasteiger partial charge is 0.268 e. The summed E-state index contributed by atoms with van der Waals surface area (Å²) >= 11 is 0. The summed E-state index contributed by atoms with van der Waals surface area (Å²) in [4.78, 5) is 13.1. The third kappa shape index (κ3) is 5.84. The lowest BCUT2D eigenvalue weighted by Crippen LogP contribution is -2.54. The maximum atomic E-state index is 13.6. The summed E-state index contributed by atoms with van der Waals surface area (Å²) in [6.45, 7) is 3.08. The van der Waals surface area contributed by atoms with Crippen LogP contribution in [-0.4, -0.2) is 52.0 Å². The van der Waals surface area contributed by atoms with E-state index in [4.69, 9.17) is 15.2 Å². The van der Waals surface area contributed by atoms with Crippen LogP contribution in [0.25, 0.3) is 0 Å². The predicted molar refractivity (Wildman–Crippen MR) is 123 cm³/mol. The molecule has 3 rings (SSSR count). The minimum atomic E-state index is -4.43. The Bertz CT molecular complexity index is 1210.